The minimum Gasteiger partial charge on any atom is -0.498 e. The molecule has 136 valence electrons. The van der Waals surface area contributed by atoms with Gasteiger partial charge in [-0.25, -0.2) is 0 Å². The maximum absolute atomic E-state index is 12.7. The third kappa shape index (κ3) is 1.60. The number of carbonyl (C=O) groups excluding carboxylic acids is 2. The van der Waals surface area contributed by atoms with Crippen molar-refractivity contribution in [3.63, 3.8) is 0 Å². The van der Waals surface area contributed by atoms with Crippen molar-refractivity contribution in [3.8, 4) is 0 Å². The molecule has 0 N–H and O–H groups in total. The van der Waals surface area contributed by atoms with Crippen LogP contribution in [-0.4, -0.2) is 35.7 Å². The summed E-state index contributed by atoms with van der Waals surface area (Å²) in [6, 6.07) is 0. The van der Waals surface area contributed by atoms with Crippen molar-refractivity contribution in [3.05, 3.63) is 12.3 Å². The topological polar surface area (TPSA) is 61.8 Å². The second-order valence-electron chi connectivity index (χ2n) is 9.27. The van der Waals surface area contributed by atoms with Crippen LogP contribution in [0, 0.1) is 22.7 Å². The summed E-state index contributed by atoms with van der Waals surface area (Å²) in [6.45, 7) is 6.84. The van der Waals surface area contributed by atoms with Crippen LogP contribution < -0.4 is 0 Å². The van der Waals surface area contributed by atoms with Gasteiger partial charge in [-0.15, -0.1) is 0 Å². The van der Waals surface area contributed by atoms with Crippen LogP contribution in [-0.2, 0) is 23.8 Å². The van der Waals surface area contributed by atoms with Crippen LogP contribution in [0.5, 0.6) is 0 Å². The molecular weight excluding hydrogens is 320 g/mol. The molecule has 5 aliphatic rings. The first kappa shape index (κ1) is 15.9. The van der Waals surface area contributed by atoms with E-state index >= 15 is 0 Å². The Morgan fingerprint density at radius 2 is 1.96 bits per heavy atom. The van der Waals surface area contributed by atoms with E-state index < -0.39 is 5.41 Å². The van der Waals surface area contributed by atoms with Gasteiger partial charge >= 0.3 is 5.97 Å². The molecule has 2 spiro atoms. The van der Waals surface area contributed by atoms with Crippen LogP contribution in [0.25, 0.3) is 0 Å². The van der Waals surface area contributed by atoms with Crippen molar-refractivity contribution < 1.29 is 23.8 Å². The molecule has 0 aromatic heterocycles. The summed E-state index contributed by atoms with van der Waals surface area (Å²) in [5.41, 5.74) is -1.93. The Kier molecular flexibility index (Phi) is 2.84. The molecule has 5 nitrogen and oxygen atoms in total. The zero-order valence-electron chi connectivity index (χ0n) is 15.2. The largest absolute Gasteiger partial charge is 0.498 e. The summed E-state index contributed by atoms with van der Waals surface area (Å²) in [5.74, 6) is -0.0923. The van der Waals surface area contributed by atoms with Crippen LogP contribution in [0.3, 0.4) is 0 Å². The molecule has 0 amide bonds. The first-order valence-electron chi connectivity index (χ1n) is 9.51. The van der Waals surface area contributed by atoms with Gasteiger partial charge in [-0.05, 0) is 44.6 Å². The maximum Gasteiger partial charge on any atom is 0.320 e. The molecule has 25 heavy (non-hydrogen) atoms. The molecule has 5 heteroatoms. The molecule has 4 fully saturated rings. The van der Waals surface area contributed by atoms with E-state index in [-0.39, 0.29) is 46.3 Å². The Morgan fingerprint density at radius 3 is 2.68 bits per heavy atom. The second kappa shape index (κ2) is 4.48. The van der Waals surface area contributed by atoms with Gasteiger partial charge in [0.25, 0.3) is 0 Å². The van der Waals surface area contributed by atoms with Crippen LogP contribution in [0.15, 0.2) is 12.3 Å². The molecule has 7 atom stereocenters. The molecule has 2 saturated carbocycles. The van der Waals surface area contributed by atoms with Crippen molar-refractivity contribution in [1.82, 2.24) is 0 Å². The number of esters is 1. The van der Waals surface area contributed by atoms with Crippen molar-refractivity contribution in [1.29, 1.82) is 0 Å². The smallest absolute Gasteiger partial charge is 0.320 e. The van der Waals surface area contributed by atoms with E-state index in [9.17, 15) is 9.59 Å². The minimum absolute atomic E-state index is 0.0454. The highest BCUT2D eigenvalue weighted by atomic mass is 16.6. The SMILES string of the molecule is C[C@@H]1C[C@H]2OC(=O)[C@@]3(C)C(=O)CC[C@@](C)([C@@H]23)[C@@]12CC[C@]1(C=COC1)O2. The van der Waals surface area contributed by atoms with Gasteiger partial charge < -0.3 is 14.2 Å². The highest BCUT2D eigenvalue weighted by Crippen LogP contribution is 2.69. The highest BCUT2D eigenvalue weighted by Gasteiger charge is 2.76. The molecule has 0 unspecified atom stereocenters. The zero-order chi connectivity index (χ0) is 17.7. The van der Waals surface area contributed by atoms with Crippen molar-refractivity contribution >= 4 is 11.8 Å². The fraction of sp³-hybridized carbons (Fsp3) is 0.800. The lowest BCUT2D eigenvalue weighted by molar-refractivity contribution is -0.242. The van der Waals surface area contributed by atoms with Gasteiger partial charge in [0.05, 0.1) is 11.9 Å². The average Bonchev–Trinajstić information content (AvgIpc) is 3.24. The Balaban J connectivity index is 1.64. The number of carbonyl (C=O) groups is 2. The summed E-state index contributed by atoms with van der Waals surface area (Å²) < 4.78 is 18.1. The van der Waals surface area contributed by atoms with Crippen molar-refractivity contribution in [2.45, 2.75) is 70.2 Å². The predicted octanol–water partition coefficient (Wildman–Crippen LogP) is 2.78. The molecule has 0 aromatic carbocycles. The van der Waals surface area contributed by atoms with E-state index in [2.05, 4.69) is 13.8 Å². The molecule has 3 aliphatic heterocycles. The third-order valence-corrected chi connectivity index (χ3v) is 8.26. The number of Topliss-reactive ketones (excluding diaryl/α,β-unsaturated/α-hetero) is 1. The number of ketones is 1. The van der Waals surface area contributed by atoms with Crippen LogP contribution in [0.2, 0.25) is 0 Å². The molecule has 0 bridgehead atoms. The fourth-order valence-corrected chi connectivity index (χ4v) is 6.95. The summed E-state index contributed by atoms with van der Waals surface area (Å²) in [6.07, 6.45) is 7.48. The molecule has 2 aliphatic carbocycles. The van der Waals surface area contributed by atoms with Gasteiger partial charge in [-0.3, -0.25) is 9.59 Å². The number of rotatable bonds is 0. The van der Waals surface area contributed by atoms with E-state index in [0.717, 1.165) is 25.7 Å². The van der Waals surface area contributed by atoms with E-state index in [0.29, 0.717) is 13.0 Å². The standard InChI is InChI=1S/C20H26O5/c1-12-10-13-15-17(2,5-4-14(21)18(15,3)16(22)24-13)20(12)7-6-19(25-20)8-9-23-11-19/h8-9,12-13,15H,4-7,10-11H2,1-3H3/t12-,13-,15-,17+,18+,19-,20-/m1/s1. The summed E-state index contributed by atoms with van der Waals surface area (Å²) in [7, 11) is 0. The number of fused-ring (bicyclic) bond motifs is 1. The van der Waals surface area contributed by atoms with Gasteiger partial charge in [0.15, 0.2) is 0 Å². The maximum atomic E-state index is 12.7. The third-order valence-electron chi connectivity index (χ3n) is 8.26. The Morgan fingerprint density at radius 1 is 1.16 bits per heavy atom. The van der Waals surface area contributed by atoms with E-state index in [1.807, 2.05) is 13.0 Å². The quantitative estimate of drug-likeness (QED) is 0.498. The van der Waals surface area contributed by atoms with Crippen molar-refractivity contribution in [2.75, 3.05) is 6.61 Å². The van der Waals surface area contributed by atoms with Gasteiger partial charge in [0, 0.05) is 17.8 Å². The average molecular weight is 346 g/mol. The van der Waals surface area contributed by atoms with Crippen molar-refractivity contribution in [2.24, 2.45) is 22.7 Å². The lowest BCUT2D eigenvalue weighted by Gasteiger charge is -2.61. The summed E-state index contributed by atoms with van der Waals surface area (Å²) >= 11 is 0. The normalized spacial score (nSPS) is 56.4. The Bertz CT molecular complexity index is 700. The van der Waals surface area contributed by atoms with Gasteiger partial charge in [-0.2, -0.15) is 0 Å². The molecule has 0 aromatic rings. The van der Waals surface area contributed by atoms with E-state index in [1.54, 1.807) is 6.26 Å². The molecule has 5 rings (SSSR count). The molecule has 3 heterocycles. The molecular formula is C20H26O5. The lowest BCUT2D eigenvalue weighted by Crippen LogP contribution is -2.67. The highest BCUT2D eigenvalue weighted by molar-refractivity contribution is 6.06. The van der Waals surface area contributed by atoms with E-state index in [4.69, 9.17) is 14.2 Å². The van der Waals surface area contributed by atoms with Gasteiger partial charge in [0.1, 0.15) is 29.5 Å². The van der Waals surface area contributed by atoms with Crippen LogP contribution >= 0.6 is 0 Å². The van der Waals surface area contributed by atoms with E-state index in [1.165, 1.54) is 0 Å². The van der Waals surface area contributed by atoms with Gasteiger partial charge in [0.2, 0.25) is 0 Å². The Labute approximate surface area is 148 Å². The minimum atomic E-state index is -1.01. The first-order valence-corrected chi connectivity index (χ1v) is 9.51. The van der Waals surface area contributed by atoms with Gasteiger partial charge in [-0.1, -0.05) is 13.8 Å². The first-order chi connectivity index (χ1) is 11.8. The Hall–Kier alpha value is -1.36. The molecule has 0 radical (unpaired) electrons. The predicted molar refractivity (Wildman–Crippen MR) is 88.5 cm³/mol. The zero-order valence-corrected chi connectivity index (χ0v) is 15.2. The van der Waals surface area contributed by atoms with Crippen LogP contribution in [0.1, 0.15) is 52.9 Å². The molecule has 2 saturated heterocycles. The monoisotopic (exact) mass is 346 g/mol. The fourth-order valence-electron chi connectivity index (χ4n) is 6.95. The number of hydrogen-bond acceptors (Lipinski definition) is 5. The van der Waals surface area contributed by atoms with Crippen LogP contribution in [0.4, 0.5) is 0 Å². The second-order valence-corrected chi connectivity index (χ2v) is 9.27. The summed E-state index contributed by atoms with van der Waals surface area (Å²) in [5, 5.41) is 0. The summed E-state index contributed by atoms with van der Waals surface area (Å²) in [4.78, 5) is 25.4. The number of ether oxygens (including phenoxy) is 3. The number of hydrogen-bond donors (Lipinski definition) is 0. The lowest BCUT2D eigenvalue weighted by atomic mass is 9.44.